The standard InChI is InChI=1S/C15H15N3O3/c1-2-11-8-12(17-18-16)14-13(20-11)9-19-15(21-14)10-6-4-3-5-7-10/h1,3-7,11-15H,8-9H2/t11-,12?,13+,14+,15-/m0/s1. The van der Waals surface area contributed by atoms with E-state index >= 15 is 0 Å². The Bertz CT molecular complexity index is 580. The van der Waals surface area contributed by atoms with E-state index < -0.39 is 6.29 Å². The van der Waals surface area contributed by atoms with Gasteiger partial charge in [-0.2, -0.15) is 0 Å². The van der Waals surface area contributed by atoms with Crippen molar-refractivity contribution in [2.24, 2.45) is 5.11 Å². The third kappa shape index (κ3) is 2.87. The maximum atomic E-state index is 8.73. The molecule has 21 heavy (non-hydrogen) atoms. The summed E-state index contributed by atoms with van der Waals surface area (Å²) in [5.74, 6) is 2.55. The molecule has 1 unspecified atom stereocenters. The summed E-state index contributed by atoms with van der Waals surface area (Å²) in [5.41, 5.74) is 9.66. The largest absolute Gasteiger partial charge is 0.357 e. The lowest BCUT2D eigenvalue weighted by Crippen LogP contribution is -2.53. The molecule has 0 radical (unpaired) electrons. The van der Waals surface area contributed by atoms with Gasteiger partial charge < -0.3 is 14.2 Å². The van der Waals surface area contributed by atoms with Gasteiger partial charge in [0.05, 0.1) is 18.8 Å². The molecule has 0 N–H and O–H groups in total. The minimum absolute atomic E-state index is 0.310. The first-order valence-corrected chi connectivity index (χ1v) is 6.79. The second kappa shape index (κ2) is 6.17. The SMILES string of the molecule is C#C[C@H]1CC(N=[N+]=[N-])[C@H]2O[C@@H](c3ccccc3)OC[C@H]2O1. The summed E-state index contributed by atoms with van der Waals surface area (Å²) in [7, 11) is 0. The fourth-order valence-corrected chi connectivity index (χ4v) is 2.69. The van der Waals surface area contributed by atoms with Gasteiger partial charge in [-0.05, 0) is 12.0 Å². The van der Waals surface area contributed by atoms with E-state index in [1.54, 1.807) is 0 Å². The Morgan fingerprint density at radius 1 is 1.29 bits per heavy atom. The van der Waals surface area contributed by atoms with Crippen LogP contribution in [0.15, 0.2) is 35.4 Å². The van der Waals surface area contributed by atoms with Crippen LogP contribution in [0.5, 0.6) is 0 Å². The summed E-state index contributed by atoms with van der Waals surface area (Å²) in [6.07, 6.45) is 4.37. The minimum atomic E-state index is -0.477. The smallest absolute Gasteiger partial charge is 0.184 e. The Labute approximate surface area is 122 Å². The zero-order chi connectivity index (χ0) is 14.7. The van der Waals surface area contributed by atoms with Crippen molar-refractivity contribution < 1.29 is 14.2 Å². The number of benzene rings is 1. The number of hydrogen-bond acceptors (Lipinski definition) is 4. The van der Waals surface area contributed by atoms with Crippen molar-refractivity contribution in [3.05, 3.63) is 46.3 Å². The first-order valence-electron chi connectivity index (χ1n) is 6.79. The molecule has 2 saturated heterocycles. The summed E-state index contributed by atoms with van der Waals surface area (Å²) in [4.78, 5) is 2.90. The van der Waals surface area contributed by atoms with Gasteiger partial charge in [0.15, 0.2) is 6.29 Å². The molecule has 1 aromatic rings. The monoisotopic (exact) mass is 285 g/mol. The fourth-order valence-electron chi connectivity index (χ4n) is 2.69. The molecule has 3 rings (SSSR count). The first kappa shape index (κ1) is 13.9. The van der Waals surface area contributed by atoms with Crippen LogP contribution in [0.2, 0.25) is 0 Å². The molecule has 0 aromatic heterocycles. The van der Waals surface area contributed by atoms with Crippen LogP contribution < -0.4 is 0 Å². The average molecular weight is 285 g/mol. The predicted octanol–water partition coefficient (Wildman–Crippen LogP) is 2.57. The second-order valence-electron chi connectivity index (χ2n) is 5.01. The quantitative estimate of drug-likeness (QED) is 0.362. The molecule has 6 heteroatoms. The lowest BCUT2D eigenvalue weighted by Gasteiger charge is -2.43. The van der Waals surface area contributed by atoms with Crippen molar-refractivity contribution in [2.45, 2.75) is 37.1 Å². The van der Waals surface area contributed by atoms with Gasteiger partial charge in [0.25, 0.3) is 0 Å². The average Bonchev–Trinajstić information content (AvgIpc) is 2.55. The van der Waals surface area contributed by atoms with Crippen LogP contribution in [-0.2, 0) is 14.2 Å². The van der Waals surface area contributed by atoms with Gasteiger partial charge in [-0.3, -0.25) is 0 Å². The zero-order valence-electron chi connectivity index (χ0n) is 11.3. The highest BCUT2D eigenvalue weighted by atomic mass is 16.7. The van der Waals surface area contributed by atoms with Crippen LogP contribution in [0, 0.1) is 12.3 Å². The number of azide groups is 1. The van der Waals surface area contributed by atoms with Crippen LogP contribution >= 0.6 is 0 Å². The minimum Gasteiger partial charge on any atom is -0.357 e. The number of ether oxygens (including phenoxy) is 3. The van der Waals surface area contributed by atoms with Gasteiger partial charge in [-0.25, -0.2) is 0 Å². The van der Waals surface area contributed by atoms with Crippen molar-refractivity contribution in [1.29, 1.82) is 0 Å². The Morgan fingerprint density at radius 3 is 2.81 bits per heavy atom. The number of fused-ring (bicyclic) bond motifs is 1. The molecule has 5 atom stereocenters. The third-order valence-electron chi connectivity index (χ3n) is 3.69. The molecular formula is C15H15N3O3. The van der Waals surface area contributed by atoms with Gasteiger partial charge in [-0.15, -0.1) is 6.42 Å². The Hall–Kier alpha value is -2.03. The van der Waals surface area contributed by atoms with Crippen LogP contribution in [0.25, 0.3) is 10.4 Å². The highest BCUT2D eigenvalue weighted by Gasteiger charge is 2.43. The summed E-state index contributed by atoms with van der Waals surface area (Å²) in [6, 6.07) is 9.29. The van der Waals surface area contributed by atoms with Crippen molar-refractivity contribution in [3.63, 3.8) is 0 Å². The van der Waals surface area contributed by atoms with E-state index in [-0.39, 0.29) is 24.4 Å². The molecule has 0 amide bonds. The van der Waals surface area contributed by atoms with Crippen molar-refractivity contribution in [1.82, 2.24) is 0 Å². The highest BCUT2D eigenvalue weighted by Crippen LogP contribution is 2.34. The predicted molar refractivity (Wildman–Crippen MR) is 75.1 cm³/mol. The Kier molecular flexibility index (Phi) is 4.09. The van der Waals surface area contributed by atoms with E-state index in [9.17, 15) is 0 Å². The van der Waals surface area contributed by atoms with Gasteiger partial charge in [0, 0.05) is 10.5 Å². The van der Waals surface area contributed by atoms with Crippen molar-refractivity contribution in [3.8, 4) is 12.3 Å². The number of terminal acetylenes is 1. The van der Waals surface area contributed by atoms with Crippen molar-refractivity contribution in [2.75, 3.05) is 6.61 Å². The van der Waals surface area contributed by atoms with E-state index in [0.29, 0.717) is 13.0 Å². The maximum absolute atomic E-state index is 8.73. The molecule has 2 aliphatic rings. The van der Waals surface area contributed by atoms with E-state index in [4.69, 9.17) is 26.2 Å². The molecule has 108 valence electrons. The Balaban J connectivity index is 1.79. The molecule has 2 fully saturated rings. The third-order valence-corrected chi connectivity index (χ3v) is 3.69. The summed E-state index contributed by atoms with van der Waals surface area (Å²) in [6.45, 7) is 0.361. The van der Waals surface area contributed by atoms with Crippen LogP contribution in [0.1, 0.15) is 18.3 Å². The summed E-state index contributed by atoms with van der Waals surface area (Å²) in [5, 5.41) is 3.82. The zero-order valence-corrected chi connectivity index (χ0v) is 11.3. The first-order chi connectivity index (χ1) is 10.3. The van der Waals surface area contributed by atoms with Crippen LogP contribution in [0.4, 0.5) is 0 Å². The molecule has 2 heterocycles. The number of rotatable bonds is 2. The summed E-state index contributed by atoms with van der Waals surface area (Å²) < 4.78 is 17.4. The van der Waals surface area contributed by atoms with Crippen LogP contribution in [0.3, 0.4) is 0 Å². The molecule has 0 aliphatic carbocycles. The molecule has 6 nitrogen and oxygen atoms in total. The fraction of sp³-hybridized carbons (Fsp3) is 0.467. The number of nitrogens with zero attached hydrogens (tertiary/aromatic N) is 3. The van der Waals surface area contributed by atoms with E-state index in [2.05, 4.69) is 15.9 Å². The molecule has 0 bridgehead atoms. The molecular weight excluding hydrogens is 270 g/mol. The van der Waals surface area contributed by atoms with Gasteiger partial charge in [0.2, 0.25) is 0 Å². The molecule has 0 saturated carbocycles. The maximum Gasteiger partial charge on any atom is 0.184 e. The molecule has 0 spiro atoms. The summed E-state index contributed by atoms with van der Waals surface area (Å²) >= 11 is 0. The highest BCUT2D eigenvalue weighted by molar-refractivity contribution is 5.17. The second-order valence-corrected chi connectivity index (χ2v) is 5.01. The molecule has 1 aromatic carbocycles. The van der Waals surface area contributed by atoms with E-state index in [0.717, 1.165) is 5.56 Å². The topological polar surface area (TPSA) is 76.5 Å². The van der Waals surface area contributed by atoms with Crippen molar-refractivity contribution >= 4 is 0 Å². The lowest BCUT2D eigenvalue weighted by atomic mass is 9.95. The number of hydrogen-bond donors (Lipinski definition) is 0. The van der Waals surface area contributed by atoms with E-state index in [1.165, 1.54) is 0 Å². The van der Waals surface area contributed by atoms with Crippen LogP contribution in [-0.4, -0.2) is 31.0 Å². The molecule has 2 aliphatic heterocycles. The lowest BCUT2D eigenvalue weighted by molar-refractivity contribution is -0.287. The normalized spacial score (nSPS) is 35.1. The van der Waals surface area contributed by atoms with Gasteiger partial charge >= 0.3 is 0 Å². The van der Waals surface area contributed by atoms with E-state index in [1.807, 2.05) is 30.3 Å². The van der Waals surface area contributed by atoms with Gasteiger partial charge in [-0.1, -0.05) is 41.4 Å². The Morgan fingerprint density at radius 2 is 2.10 bits per heavy atom. The van der Waals surface area contributed by atoms with Gasteiger partial charge in [0.1, 0.15) is 12.2 Å².